The van der Waals surface area contributed by atoms with Gasteiger partial charge in [-0.05, 0) is 25.7 Å². The Morgan fingerprint density at radius 3 is 2.62 bits per heavy atom. The highest BCUT2D eigenvalue weighted by Gasteiger charge is 2.28. The minimum absolute atomic E-state index is 0.235. The zero-order chi connectivity index (χ0) is 16.9. The van der Waals surface area contributed by atoms with Crippen molar-refractivity contribution in [3.05, 3.63) is 17.5 Å². The first kappa shape index (κ1) is 17.4. The highest BCUT2D eigenvalue weighted by atomic mass is 16.5. The molecule has 1 aromatic heterocycles. The third-order valence-corrected chi connectivity index (χ3v) is 5.64. The predicted octanol–water partition coefficient (Wildman–Crippen LogP) is -1.04. The maximum Gasteiger partial charge on any atom is 0.275 e. The second-order valence-electron chi connectivity index (χ2n) is 7.72. The number of amides is 1. The molecule has 1 saturated carbocycles. The fourth-order valence-corrected chi connectivity index (χ4v) is 4.08. The van der Waals surface area contributed by atoms with Gasteiger partial charge in [0.2, 0.25) is 0 Å². The van der Waals surface area contributed by atoms with Crippen LogP contribution in [-0.2, 0) is 11.3 Å². The molecule has 2 fully saturated rings. The van der Waals surface area contributed by atoms with Crippen molar-refractivity contribution in [2.45, 2.75) is 52.1 Å². The standard InChI is InChI=1S/C18H30N4O2/c1-14-5-3-4-6-17(14)19-18(23)13-22-9-7-21(8-10-22)12-16-11-15(2)24-20-16/h11,14,17H,3-10,12-13H2,1-2H3,(H,19,23)/p+2/t14-,17+/m0/s1. The maximum atomic E-state index is 12.3. The molecule has 134 valence electrons. The van der Waals surface area contributed by atoms with Crippen LogP contribution in [0.5, 0.6) is 0 Å². The zero-order valence-electron chi connectivity index (χ0n) is 15.1. The predicted molar refractivity (Wildman–Crippen MR) is 90.8 cm³/mol. The highest BCUT2D eigenvalue weighted by Crippen LogP contribution is 2.23. The van der Waals surface area contributed by atoms with E-state index < -0.39 is 0 Å². The van der Waals surface area contributed by atoms with Gasteiger partial charge in [0, 0.05) is 12.1 Å². The van der Waals surface area contributed by atoms with Crippen molar-refractivity contribution >= 4 is 5.91 Å². The zero-order valence-corrected chi connectivity index (χ0v) is 15.1. The molecular weight excluding hydrogens is 304 g/mol. The van der Waals surface area contributed by atoms with E-state index in [4.69, 9.17) is 4.52 Å². The van der Waals surface area contributed by atoms with Crippen LogP contribution >= 0.6 is 0 Å². The van der Waals surface area contributed by atoms with Crippen molar-refractivity contribution in [2.75, 3.05) is 32.7 Å². The molecule has 2 aliphatic rings. The van der Waals surface area contributed by atoms with E-state index in [2.05, 4.69) is 17.4 Å². The number of quaternary nitrogens is 2. The fraction of sp³-hybridized carbons (Fsp3) is 0.778. The molecule has 2 atom stereocenters. The maximum absolute atomic E-state index is 12.3. The van der Waals surface area contributed by atoms with Gasteiger partial charge in [-0.2, -0.15) is 0 Å². The van der Waals surface area contributed by atoms with E-state index in [1.165, 1.54) is 29.1 Å². The summed E-state index contributed by atoms with van der Waals surface area (Å²) >= 11 is 0. The summed E-state index contributed by atoms with van der Waals surface area (Å²) in [7, 11) is 0. The van der Waals surface area contributed by atoms with E-state index in [1.54, 1.807) is 0 Å². The Morgan fingerprint density at radius 2 is 1.96 bits per heavy atom. The van der Waals surface area contributed by atoms with Gasteiger partial charge in [0.05, 0.1) is 0 Å². The van der Waals surface area contributed by atoms with Crippen LogP contribution < -0.4 is 15.1 Å². The molecule has 1 aliphatic carbocycles. The average Bonchev–Trinajstić information content (AvgIpc) is 2.96. The number of nitrogens with one attached hydrogen (secondary N) is 3. The lowest BCUT2D eigenvalue weighted by Crippen LogP contribution is -3.28. The molecule has 6 nitrogen and oxygen atoms in total. The lowest BCUT2D eigenvalue weighted by molar-refractivity contribution is -1.02. The van der Waals surface area contributed by atoms with E-state index >= 15 is 0 Å². The molecule has 6 heteroatoms. The third-order valence-electron chi connectivity index (χ3n) is 5.64. The number of hydrogen-bond acceptors (Lipinski definition) is 3. The van der Waals surface area contributed by atoms with E-state index in [-0.39, 0.29) is 5.91 Å². The number of carbonyl (C=O) groups is 1. The van der Waals surface area contributed by atoms with Gasteiger partial charge in [-0.3, -0.25) is 4.79 Å². The van der Waals surface area contributed by atoms with Crippen LogP contribution in [0.3, 0.4) is 0 Å². The van der Waals surface area contributed by atoms with Crippen LogP contribution in [0.4, 0.5) is 0 Å². The average molecular weight is 336 g/mol. The highest BCUT2D eigenvalue weighted by molar-refractivity contribution is 5.77. The van der Waals surface area contributed by atoms with Crippen LogP contribution in [0.2, 0.25) is 0 Å². The van der Waals surface area contributed by atoms with Gasteiger partial charge in [0.1, 0.15) is 44.2 Å². The summed E-state index contributed by atoms with van der Waals surface area (Å²) in [6.07, 6.45) is 4.97. The lowest BCUT2D eigenvalue weighted by atomic mass is 9.86. The lowest BCUT2D eigenvalue weighted by Gasteiger charge is -2.31. The molecule has 1 aliphatic heterocycles. The summed E-state index contributed by atoms with van der Waals surface area (Å²) in [4.78, 5) is 15.3. The SMILES string of the molecule is Cc1cc(C[NH+]2CC[NH+](CC(=O)N[C@@H]3CCCC[C@@H]3C)CC2)no1. The number of nitrogens with zero attached hydrogens (tertiary/aromatic N) is 1. The number of rotatable bonds is 5. The summed E-state index contributed by atoms with van der Waals surface area (Å²) in [5, 5.41) is 7.36. The Bertz CT molecular complexity index is 537. The Labute approximate surface area is 144 Å². The second-order valence-corrected chi connectivity index (χ2v) is 7.72. The van der Waals surface area contributed by atoms with Gasteiger partial charge < -0.3 is 19.6 Å². The van der Waals surface area contributed by atoms with E-state index in [1.807, 2.05) is 13.0 Å². The van der Waals surface area contributed by atoms with Crippen molar-refractivity contribution in [2.24, 2.45) is 5.92 Å². The first-order chi connectivity index (χ1) is 11.6. The van der Waals surface area contributed by atoms with Crippen molar-refractivity contribution in [3.63, 3.8) is 0 Å². The van der Waals surface area contributed by atoms with Crippen LogP contribution in [0, 0.1) is 12.8 Å². The molecular formula is C18H32N4O2+2. The fourth-order valence-electron chi connectivity index (χ4n) is 4.08. The van der Waals surface area contributed by atoms with Gasteiger partial charge in [-0.25, -0.2) is 0 Å². The number of hydrogen-bond donors (Lipinski definition) is 3. The minimum Gasteiger partial charge on any atom is -0.361 e. The second kappa shape index (κ2) is 8.12. The molecule has 0 spiro atoms. The van der Waals surface area contributed by atoms with Gasteiger partial charge >= 0.3 is 0 Å². The third kappa shape index (κ3) is 4.80. The van der Waals surface area contributed by atoms with E-state index in [0.717, 1.165) is 50.6 Å². The Balaban J connectivity index is 1.37. The number of aromatic nitrogens is 1. The topological polar surface area (TPSA) is 64.0 Å². The Kier molecular flexibility index (Phi) is 5.89. The van der Waals surface area contributed by atoms with Crippen molar-refractivity contribution in [3.8, 4) is 0 Å². The molecule has 2 heterocycles. The molecule has 1 amide bonds. The molecule has 1 saturated heterocycles. The number of aryl methyl sites for hydroxylation is 1. The van der Waals surface area contributed by atoms with Gasteiger partial charge in [0.15, 0.2) is 6.54 Å². The smallest absolute Gasteiger partial charge is 0.275 e. The molecule has 0 bridgehead atoms. The molecule has 0 radical (unpaired) electrons. The summed E-state index contributed by atoms with van der Waals surface area (Å²) in [6.45, 7) is 10.0. The largest absolute Gasteiger partial charge is 0.361 e. The first-order valence-corrected chi connectivity index (χ1v) is 9.49. The van der Waals surface area contributed by atoms with Crippen LogP contribution in [0.15, 0.2) is 10.6 Å². The van der Waals surface area contributed by atoms with Gasteiger partial charge in [0.25, 0.3) is 5.91 Å². The Morgan fingerprint density at radius 1 is 1.25 bits per heavy atom. The molecule has 1 aromatic rings. The first-order valence-electron chi connectivity index (χ1n) is 9.49. The minimum atomic E-state index is 0.235. The van der Waals surface area contributed by atoms with Crippen molar-refractivity contribution < 1.29 is 19.1 Å². The quantitative estimate of drug-likeness (QED) is 0.644. The normalized spacial score (nSPS) is 30.9. The number of piperazine rings is 1. The monoisotopic (exact) mass is 336 g/mol. The van der Waals surface area contributed by atoms with Gasteiger partial charge in [-0.15, -0.1) is 0 Å². The summed E-state index contributed by atoms with van der Waals surface area (Å²) in [6, 6.07) is 2.42. The summed E-state index contributed by atoms with van der Waals surface area (Å²) in [5.74, 6) is 1.74. The molecule has 3 N–H and O–H groups in total. The molecule has 3 rings (SSSR count). The van der Waals surface area contributed by atoms with Crippen molar-refractivity contribution in [1.82, 2.24) is 10.5 Å². The summed E-state index contributed by atoms with van der Waals surface area (Å²) < 4.78 is 5.14. The molecule has 0 aromatic carbocycles. The molecule has 24 heavy (non-hydrogen) atoms. The van der Waals surface area contributed by atoms with Crippen molar-refractivity contribution in [1.29, 1.82) is 0 Å². The van der Waals surface area contributed by atoms with Crippen LogP contribution in [-0.4, -0.2) is 49.8 Å². The van der Waals surface area contributed by atoms with Gasteiger partial charge in [-0.1, -0.05) is 24.9 Å². The van der Waals surface area contributed by atoms with Crippen LogP contribution in [0.25, 0.3) is 0 Å². The summed E-state index contributed by atoms with van der Waals surface area (Å²) in [5.41, 5.74) is 1.04. The van der Waals surface area contributed by atoms with Crippen LogP contribution in [0.1, 0.15) is 44.1 Å². The Hall–Kier alpha value is -1.40. The van der Waals surface area contributed by atoms with E-state index in [0.29, 0.717) is 18.5 Å². The molecule has 0 unspecified atom stereocenters. The number of carbonyl (C=O) groups excluding carboxylic acids is 1. The van der Waals surface area contributed by atoms with E-state index in [9.17, 15) is 4.79 Å².